The van der Waals surface area contributed by atoms with Gasteiger partial charge in [-0.2, -0.15) is 0 Å². The van der Waals surface area contributed by atoms with Crippen LogP contribution in [0.25, 0.3) is 0 Å². The van der Waals surface area contributed by atoms with Gasteiger partial charge in [0.2, 0.25) is 10.0 Å². The zero-order valence-electron chi connectivity index (χ0n) is 9.03. The lowest BCUT2D eigenvalue weighted by molar-refractivity contribution is 0.398. The number of hydrogen-bond donors (Lipinski definition) is 1. The van der Waals surface area contributed by atoms with Gasteiger partial charge in [0, 0.05) is 6.20 Å². The summed E-state index contributed by atoms with van der Waals surface area (Å²) in [6.07, 6.45) is 1.28. The van der Waals surface area contributed by atoms with E-state index in [0.717, 1.165) is 0 Å². The van der Waals surface area contributed by atoms with Crippen molar-refractivity contribution in [1.29, 1.82) is 0 Å². The molecule has 0 unspecified atom stereocenters. The van der Waals surface area contributed by atoms with Crippen molar-refractivity contribution >= 4 is 19.9 Å². The van der Waals surface area contributed by atoms with Crippen molar-refractivity contribution in [2.45, 2.75) is 5.03 Å². The molecule has 1 heterocycles. The van der Waals surface area contributed by atoms with Crippen LogP contribution >= 0.6 is 0 Å². The van der Waals surface area contributed by atoms with Crippen molar-refractivity contribution in [3.63, 3.8) is 0 Å². The predicted molar refractivity (Wildman–Crippen MR) is 60.8 cm³/mol. The van der Waals surface area contributed by atoms with Gasteiger partial charge in [0.05, 0.1) is 18.6 Å². The lowest BCUT2D eigenvalue weighted by Gasteiger charge is -2.07. The molecule has 0 aliphatic rings. The third kappa shape index (κ3) is 3.95. The molecule has 0 amide bonds. The molecular weight excluding hydrogens is 268 g/mol. The van der Waals surface area contributed by atoms with Crippen molar-refractivity contribution < 1.29 is 21.6 Å². The predicted octanol–water partition coefficient (Wildman–Crippen LogP) is -0.848. The van der Waals surface area contributed by atoms with E-state index in [9.17, 15) is 16.8 Å². The fraction of sp³-hybridized carbons (Fsp3) is 0.375. The Morgan fingerprint density at radius 1 is 1.29 bits per heavy atom. The van der Waals surface area contributed by atoms with Crippen LogP contribution in [0.3, 0.4) is 0 Å². The highest BCUT2D eigenvalue weighted by atomic mass is 32.2. The van der Waals surface area contributed by atoms with Gasteiger partial charge in [-0.15, -0.1) is 0 Å². The van der Waals surface area contributed by atoms with E-state index >= 15 is 0 Å². The van der Waals surface area contributed by atoms with Gasteiger partial charge >= 0.3 is 0 Å². The van der Waals surface area contributed by atoms with Crippen molar-refractivity contribution in [2.24, 2.45) is 5.14 Å². The molecule has 0 spiro atoms. The maximum absolute atomic E-state index is 11.8. The Kier molecular flexibility index (Phi) is 4.07. The smallest absolute Gasteiger partial charge is 0.210 e. The minimum Gasteiger partial charge on any atom is -0.494 e. The molecular formula is C8H12N2O5S2. The average Bonchev–Trinajstić information content (AvgIpc) is 2.26. The quantitative estimate of drug-likeness (QED) is 0.751. The minimum atomic E-state index is -3.83. The number of methoxy groups -OCH3 is 1. The van der Waals surface area contributed by atoms with Gasteiger partial charge in [-0.05, 0) is 12.1 Å². The van der Waals surface area contributed by atoms with Crippen LogP contribution in [-0.2, 0) is 19.9 Å². The molecule has 0 saturated carbocycles. The highest BCUT2D eigenvalue weighted by Crippen LogP contribution is 2.21. The number of aromatic nitrogens is 1. The van der Waals surface area contributed by atoms with E-state index in [0.29, 0.717) is 0 Å². The van der Waals surface area contributed by atoms with Crippen LogP contribution < -0.4 is 9.88 Å². The largest absolute Gasteiger partial charge is 0.494 e. The number of nitrogens with two attached hydrogens (primary N) is 1. The summed E-state index contributed by atoms with van der Waals surface area (Å²) >= 11 is 0. The van der Waals surface area contributed by atoms with Gasteiger partial charge in [0.15, 0.2) is 20.6 Å². The second-order valence-electron chi connectivity index (χ2n) is 3.20. The SMILES string of the molecule is COc1cccnc1S(=O)(=O)CCS(N)(=O)=O. The summed E-state index contributed by atoms with van der Waals surface area (Å²) in [5.74, 6) is -1.21. The van der Waals surface area contributed by atoms with E-state index in [1.165, 1.54) is 25.4 Å². The number of nitrogens with zero attached hydrogens (tertiary/aromatic N) is 1. The standard InChI is InChI=1S/C8H12N2O5S2/c1-15-7-3-2-4-10-8(7)16(11,12)5-6-17(9,13)14/h2-4H,5-6H2,1H3,(H2,9,13,14). The molecule has 96 valence electrons. The highest BCUT2D eigenvalue weighted by molar-refractivity contribution is 7.94. The van der Waals surface area contributed by atoms with Crippen LogP contribution in [-0.4, -0.2) is 40.4 Å². The topological polar surface area (TPSA) is 116 Å². The number of pyridine rings is 1. The van der Waals surface area contributed by atoms with Crippen LogP contribution in [0.15, 0.2) is 23.4 Å². The minimum absolute atomic E-state index is 0.0712. The molecule has 7 nitrogen and oxygen atoms in total. The van der Waals surface area contributed by atoms with Gasteiger partial charge in [0.1, 0.15) is 0 Å². The zero-order chi connectivity index (χ0) is 13.1. The molecule has 0 aliphatic carbocycles. The average molecular weight is 280 g/mol. The van der Waals surface area contributed by atoms with Crippen LogP contribution in [0.5, 0.6) is 5.75 Å². The van der Waals surface area contributed by atoms with E-state index in [4.69, 9.17) is 9.88 Å². The molecule has 1 aromatic rings. The molecule has 0 radical (unpaired) electrons. The third-order valence-electron chi connectivity index (χ3n) is 1.89. The number of primary sulfonamides is 1. The Balaban J connectivity index is 3.06. The lowest BCUT2D eigenvalue weighted by atomic mass is 10.5. The maximum Gasteiger partial charge on any atom is 0.210 e. The van der Waals surface area contributed by atoms with Gasteiger partial charge in [-0.1, -0.05) is 0 Å². The van der Waals surface area contributed by atoms with Gasteiger partial charge in [-0.3, -0.25) is 0 Å². The Morgan fingerprint density at radius 2 is 1.94 bits per heavy atom. The number of ether oxygens (including phenoxy) is 1. The summed E-state index contributed by atoms with van der Waals surface area (Å²) < 4.78 is 49.9. The molecule has 0 atom stereocenters. The summed E-state index contributed by atoms with van der Waals surface area (Å²) in [6, 6.07) is 2.94. The summed E-state index contributed by atoms with van der Waals surface area (Å²) in [6.45, 7) is 0. The number of sulfonamides is 1. The molecule has 1 rings (SSSR count). The summed E-state index contributed by atoms with van der Waals surface area (Å²) in [5, 5.41) is 4.46. The number of hydrogen-bond acceptors (Lipinski definition) is 6. The second-order valence-corrected chi connectivity index (χ2v) is 6.96. The van der Waals surface area contributed by atoms with Crippen LogP contribution in [0, 0.1) is 0 Å². The summed E-state index contributed by atoms with van der Waals surface area (Å²) in [5.41, 5.74) is 0. The molecule has 0 bridgehead atoms. The van der Waals surface area contributed by atoms with E-state index < -0.39 is 31.4 Å². The van der Waals surface area contributed by atoms with E-state index in [1.807, 2.05) is 0 Å². The Bertz CT molecular complexity index is 594. The summed E-state index contributed by atoms with van der Waals surface area (Å²) in [4.78, 5) is 3.67. The molecule has 9 heteroatoms. The first-order valence-corrected chi connectivity index (χ1v) is 7.85. The molecule has 0 fully saturated rings. The van der Waals surface area contributed by atoms with E-state index in [1.54, 1.807) is 0 Å². The molecule has 1 aromatic heterocycles. The fourth-order valence-electron chi connectivity index (χ4n) is 1.09. The summed E-state index contributed by atoms with van der Waals surface area (Å²) in [7, 11) is -6.36. The Labute approximate surface area is 99.6 Å². The number of rotatable bonds is 5. The fourth-order valence-corrected chi connectivity index (χ4v) is 3.77. The Hall–Kier alpha value is -1.19. The highest BCUT2D eigenvalue weighted by Gasteiger charge is 2.22. The number of sulfone groups is 1. The second kappa shape index (κ2) is 4.98. The van der Waals surface area contributed by atoms with Crippen molar-refractivity contribution in [3.05, 3.63) is 18.3 Å². The molecule has 0 aromatic carbocycles. The van der Waals surface area contributed by atoms with E-state index in [2.05, 4.69) is 4.98 Å². The maximum atomic E-state index is 11.8. The van der Waals surface area contributed by atoms with Crippen LogP contribution in [0.1, 0.15) is 0 Å². The van der Waals surface area contributed by atoms with Crippen LogP contribution in [0.4, 0.5) is 0 Å². The first kappa shape index (κ1) is 13.9. The van der Waals surface area contributed by atoms with Crippen molar-refractivity contribution in [2.75, 3.05) is 18.6 Å². The monoisotopic (exact) mass is 280 g/mol. The van der Waals surface area contributed by atoms with Gasteiger partial charge in [-0.25, -0.2) is 27.0 Å². The zero-order valence-corrected chi connectivity index (χ0v) is 10.7. The third-order valence-corrected chi connectivity index (χ3v) is 4.56. The van der Waals surface area contributed by atoms with Crippen molar-refractivity contribution in [3.8, 4) is 5.75 Å². The van der Waals surface area contributed by atoms with Crippen molar-refractivity contribution in [1.82, 2.24) is 4.98 Å². The lowest BCUT2D eigenvalue weighted by Crippen LogP contribution is -2.23. The molecule has 0 aliphatic heterocycles. The first-order valence-electron chi connectivity index (χ1n) is 4.48. The first-order chi connectivity index (χ1) is 7.76. The molecule has 17 heavy (non-hydrogen) atoms. The Morgan fingerprint density at radius 3 is 2.47 bits per heavy atom. The van der Waals surface area contributed by atoms with Gasteiger partial charge in [0.25, 0.3) is 0 Å². The van der Waals surface area contributed by atoms with E-state index in [-0.39, 0.29) is 10.8 Å². The normalized spacial score (nSPS) is 12.4. The molecule has 0 saturated heterocycles. The molecule has 2 N–H and O–H groups in total. The van der Waals surface area contributed by atoms with Gasteiger partial charge < -0.3 is 4.74 Å². The van der Waals surface area contributed by atoms with Crippen LogP contribution in [0.2, 0.25) is 0 Å².